The van der Waals surface area contributed by atoms with Crippen LogP contribution in [0.4, 0.5) is 0 Å². The summed E-state index contributed by atoms with van der Waals surface area (Å²) < 4.78 is 0. The summed E-state index contributed by atoms with van der Waals surface area (Å²) >= 11 is 0. The zero-order chi connectivity index (χ0) is 12.6. The summed E-state index contributed by atoms with van der Waals surface area (Å²) in [7, 11) is 0. The molecule has 1 nitrogen and oxygen atoms in total. The van der Waals surface area contributed by atoms with Crippen LogP contribution < -0.4 is 5.73 Å². The second-order valence-corrected chi connectivity index (χ2v) is 5.02. The van der Waals surface area contributed by atoms with Gasteiger partial charge in [0.05, 0.1) is 0 Å². The van der Waals surface area contributed by atoms with Crippen LogP contribution in [0.1, 0.15) is 84.0 Å². The van der Waals surface area contributed by atoms with Crippen molar-refractivity contribution >= 4 is 0 Å². The van der Waals surface area contributed by atoms with Gasteiger partial charge in [-0.25, -0.2) is 0 Å². The van der Waals surface area contributed by atoms with Crippen molar-refractivity contribution in [3.8, 4) is 0 Å². The lowest BCUT2D eigenvalue weighted by Gasteiger charge is -2.00. The fourth-order valence-electron chi connectivity index (χ4n) is 2.04. The van der Waals surface area contributed by atoms with E-state index in [0.29, 0.717) is 0 Å². The molecule has 0 amide bonds. The molecule has 0 radical (unpaired) electrons. The Balaban J connectivity index is 2.96. The number of hydrogen-bond acceptors (Lipinski definition) is 1. The summed E-state index contributed by atoms with van der Waals surface area (Å²) in [6, 6.07) is 0. The van der Waals surface area contributed by atoms with Gasteiger partial charge in [-0.15, -0.1) is 0 Å². The van der Waals surface area contributed by atoms with Crippen molar-refractivity contribution in [2.45, 2.75) is 84.0 Å². The summed E-state index contributed by atoms with van der Waals surface area (Å²) in [5.41, 5.74) is 5.43. The quantitative estimate of drug-likeness (QED) is 0.347. The van der Waals surface area contributed by atoms with Gasteiger partial charge in [0.15, 0.2) is 0 Å². The van der Waals surface area contributed by atoms with Crippen molar-refractivity contribution in [1.29, 1.82) is 0 Å². The molecule has 2 N–H and O–H groups in total. The number of rotatable bonds is 13. The van der Waals surface area contributed by atoms with Gasteiger partial charge in [-0.1, -0.05) is 70.4 Å². The van der Waals surface area contributed by atoms with Gasteiger partial charge in [0.25, 0.3) is 0 Å². The molecule has 0 heterocycles. The predicted octanol–water partition coefficient (Wildman–Crippen LogP) is 5.20. The Labute approximate surface area is 109 Å². The second kappa shape index (κ2) is 15.7. The third-order valence-electron chi connectivity index (χ3n) is 3.22. The largest absolute Gasteiger partial charge is 0.330 e. The topological polar surface area (TPSA) is 26.0 Å². The van der Waals surface area contributed by atoms with Crippen LogP contribution in [0.25, 0.3) is 0 Å². The minimum atomic E-state index is 0.822. The molecule has 0 saturated heterocycles. The van der Waals surface area contributed by atoms with Crippen LogP contribution in [0, 0.1) is 0 Å². The molecule has 0 aromatic carbocycles. The Morgan fingerprint density at radius 3 is 1.65 bits per heavy atom. The van der Waals surface area contributed by atoms with Crippen LogP contribution >= 0.6 is 0 Å². The van der Waals surface area contributed by atoms with E-state index in [9.17, 15) is 0 Å². The molecule has 0 bridgehead atoms. The van der Waals surface area contributed by atoms with Crippen molar-refractivity contribution in [2.24, 2.45) is 5.73 Å². The Kier molecular flexibility index (Phi) is 15.4. The van der Waals surface area contributed by atoms with E-state index in [1.165, 1.54) is 64.2 Å². The number of nitrogens with two attached hydrogens (primary N) is 1. The Morgan fingerprint density at radius 2 is 1.12 bits per heavy atom. The molecule has 0 rings (SSSR count). The average Bonchev–Trinajstić information content (AvgIpc) is 2.35. The fourth-order valence-corrected chi connectivity index (χ4v) is 2.04. The van der Waals surface area contributed by atoms with E-state index in [0.717, 1.165) is 19.4 Å². The summed E-state index contributed by atoms with van der Waals surface area (Å²) in [5, 5.41) is 0. The zero-order valence-electron chi connectivity index (χ0n) is 11.9. The van der Waals surface area contributed by atoms with Crippen LogP contribution in [0.15, 0.2) is 12.2 Å². The van der Waals surface area contributed by atoms with E-state index in [4.69, 9.17) is 5.73 Å². The number of hydrogen-bond donors (Lipinski definition) is 1. The van der Waals surface area contributed by atoms with Crippen LogP contribution in [-0.2, 0) is 0 Å². The molecule has 0 aliphatic rings. The van der Waals surface area contributed by atoms with Gasteiger partial charge in [-0.2, -0.15) is 0 Å². The molecule has 0 unspecified atom stereocenters. The van der Waals surface area contributed by atoms with Gasteiger partial charge >= 0.3 is 0 Å². The lowest BCUT2D eigenvalue weighted by molar-refractivity contribution is 0.566. The molecule has 102 valence electrons. The highest BCUT2D eigenvalue weighted by molar-refractivity contribution is 4.81. The highest BCUT2D eigenvalue weighted by Gasteiger charge is 1.91. The van der Waals surface area contributed by atoms with Gasteiger partial charge < -0.3 is 5.73 Å². The van der Waals surface area contributed by atoms with Crippen molar-refractivity contribution in [2.75, 3.05) is 6.54 Å². The first-order valence-corrected chi connectivity index (χ1v) is 7.77. The lowest BCUT2D eigenvalue weighted by Crippen LogP contribution is -1.96. The Morgan fingerprint density at radius 1 is 0.647 bits per heavy atom. The fraction of sp³-hybridized carbons (Fsp3) is 0.875. The smallest absolute Gasteiger partial charge is 0.00743 e. The van der Waals surface area contributed by atoms with Crippen LogP contribution in [0.3, 0.4) is 0 Å². The maximum Gasteiger partial charge on any atom is -0.00743 e. The van der Waals surface area contributed by atoms with Crippen molar-refractivity contribution in [3.63, 3.8) is 0 Å². The molecule has 0 saturated carbocycles. The molecule has 0 atom stereocenters. The van der Waals surface area contributed by atoms with E-state index in [2.05, 4.69) is 19.1 Å². The van der Waals surface area contributed by atoms with Gasteiger partial charge in [-0.05, 0) is 32.2 Å². The highest BCUT2D eigenvalue weighted by Crippen LogP contribution is 2.10. The zero-order valence-corrected chi connectivity index (χ0v) is 11.9. The van der Waals surface area contributed by atoms with Crippen molar-refractivity contribution in [1.82, 2.24) is 0 Å². The van der Waals surface area contributed by atoms with Gasteiger partial charge in [0.1, 0.15) is 0 Å². The van der Waals surface area contributed by atoms with E-state index >= 15 is 0 Å². The summed E-state index contributed by atoms with van der Waals surface area (Å²) in [4.78, 5) is 0. The first-order valence-electron chi connectivity index (χ1n) is 7.77. The van der Waals surface area contributed by atoms with Gasteiger partial charge in [0.2, 0.25) is 0 Å². The standard InChI is InChI=1S/C16H33N/c1-2-3-4-5-6-7-8-9-10-11-12-13-14-15-16-17/h12-13H,2-11,14-17H2,1H3. The SMILES string of the molecule is CCCCCCCCCCCC=CCCCN. The molecule has 0 spiro atoms. The van der Waals surface area contributed by atoms with Crippen molar-refractivity contribution in [3.05, 3.63) is 12.2 Å². The van der Waals surface area contributed by atoms with Gasteiger partial charge in [0, 0.05) is 0 Å². The number of unbranched alkanes of at least 4 members (excludes halogenated alkanes) is 10. The van der Waals surface area contributed by atoms with E-state index < -0.39 is 0 Å². The number of allylic oxidation sites excluding steroid dienone is 2. The van der Waals surface area contributed by atoms with Crippen LogP contribution in [-0.4, -0.2) is 6.54 Å². The summed E-state index contributed by atoms with van der Waals surface area (Å²) in [5.74, 6) is 0. The maximum absolute atomic E-state index is 5.43. The van der Waals surface area contributed by atoms with Crippen molar-refractivity contribution < 1.29 is 0 Å². The summed E-state index contributed by atoms with van der Waals surface area (Å²) in [6.45, 7) is 3.10. The minimum absolute atomic E-state index is 0.822. The normalized spacial score (nSPS) is 11.4. The molecule has 0 aromatic rings. The predicted molar refractivity (Wildman–Crippen MR) is 79.3 cm³/mol. The Bertz CT molecular complexity index is 152. The van der Waals surface area contributed by atoms with E-state index in [-0.39, 0.29) is 0 Å². The third-order valence-corrected chi connectivity index (χ3v) is 3.22. The molecule has 0 aliphatic heterocycles. The summed E-state index contributed by atoms with van der Waals surface area (Å²) in [6.07, 6.45) is 21.0. The molecule has 17 heavy (non-hydrogen) atoms. The lowest BCUT2D eigenvalue weighted by atomic mass is 10.1. The van der Waals surface area contributed by atoms with E-state index in [1.54, 1.807) is 0 Å². The third kappa shape index (κ3) is 15.7. The first-order chi connectivity index (χ1) is 8.41. The molecule has 0 fully saturated rings. The maximum atomic E-state index is 5.43. The first kappa shape index (κ1) is 16.7. The Hall–Kier alpha value is -0.300. The second-order valence-electron chi connectivity index (χ2n) is 5.02. The van der Waals surface area contributed by atoms with Crippen LogP contribution in [0.5, 0.6) is 0 Å². The molecular formula is C16H33N. The average molecular weight is 239 g/mol. The minimum Gasteiger partial charge on any atom is -0.330 e. The van der Waals surface area contributed by atoms with Crippen LogP contribution in [0.2, 0.25) is 0 Å². The molecular weight excluding hydrogens is 206 g/mol. The van der Waals surface area contributed by atoms with Gasteiger partial charge in [-0.3, -0.25) is 0 Å². The highest BCUT2D eigenvalue weighted by atomic mass is 14.5. The molecule has 0 aliphatic carbocycles. The van der Waals surface area contributed by atoms with E-state index in [1.807, 2.05) is 0 Å². The molecule has 0 aromatic heterocycles. The monoisotopic (exact) mass is 239 g/mol. The molecule has 1 heteroatoms.